The molecule has 0 amide bonds. The molecule has 7 heteroatoms. The smallest absolute Gasteiger partial charge is 0.330 e. The van der Waals surface area contributed by atoms with Gasteiger partial charge in [0.1, 0.15) is 11.5 Å². The Hall–Kier alpha value is -1.76. The first-order chi connectivity index (χ1) is 8.61. The molecule has 1 rings (SSSR count). The van der Waals surface area contributed by atoms with E-state index in [0.717, 1.165) is 6.42 Å². The van der Waals surface area contributed by atoms with Crippen molar-refractivity contribution < 1.29 is 4.74 Å². The van der Waals surface area contributed by atoms with E-state index < -0.39 is 11.2 Å². The molecule has 0 aromatic carbocycles. The van der Waals surface area contributed by atoms with E-state index in [1.54, 1.807) is 0 Å². The Morgan fingerprint density at radius 3 is 2.72 bits per heavy atom. The van der Waals surface area contributed by atoms with Gasteiger partial charge in [0.25, 0.3) is 5.56 Å². The van der Waals surface area contributed by atoms with Crippen molar-refractivity contribution in [2.75, 3.05) is 30.8 Å². The fourth-order valence-corrected chi connectivity index (χ4v) is 1.60. The first-order valence-electron chi connectivity index (χ1n) is 6.06. The number of anilines is 2. The number of aromatic nitrogens is 2. The summed E-state index contributed by atoms with van der Waals surface area (Å²) in [5, 5.41) is 2.89. The average Bonchev–Trinajstić information content (AvgIpc) is 2.33. The Morgan fingerprint density at radius 2 is 2.11 bits per heavy atom. The third-order valence-electron chi connectivity index (χ3n) is 2.44. The van der Waals surface area contributed by atoms with Crippen LogP contribution in [0.4, 0.5) is 11.5 Å². The lowest BCUT2D eigenvalue weighted by atomic mass is 10.4. The van der Waals surface area contributed by atoms with Crippen molar-refractivity contribution in [1.29, 1.82) is 0 Å². The van der Waals surface area contributed by atoms with Gasteiger partial charge in [-0.3, -0.25) is 14.3 Å². The number of rotatable bonds is 7. The van der Waals surface area contributed by atoms with Crippen molar-refractivity contribution >= 4 is 11.5 Å². The van der Waals surface area contributed by atoms with Gasteiger partial charge in [0.15, 0.2) is 0 Å². The largest absolute Gasteiger partial charge is 0.383 e. The summed E-state index contributed by atoms with van der Waals surface area (Å²) in [7, 11) is 0. The summed E-state index contributed by atoms with van der Waals surface area (Å²) in [6.07, 6.45) is 0.758. The molecule has 0 saturated carbocycles. The summed E-state index contributed by atoms with van der Waals surface area (Å²) in [6.45, 7) is 5.85. The van der Waals surface area contributed by atoms with E-state index in [4.69, 9.17) is 10.5 Å². The molecule has 0 aliphatic rings. The van der Waals surface area contributed by atoms with Gasteiger partial charge in [0, 0.05) is 19.7 Å². The molecule has 0 unspecified atom stereocenters. The summed E-state index contributed by atoms with van der Waals surface area (Å²) in [6, 6.07) is 0. The van der Waals surface area contributed by atoms with Crippen LogP contribution in [0.2, 0.25) is 0 Å². The molecular weight excluding hydrogens is 236 g/mol. The van der Waals surface area contributed by atoms with Gasteiger partial charge in [-0.15, -0.1) is 0 Å². The second-order valence-corrected chi connectivity index (χ2v) is 3.79. The first-order valence-corrected chi connectivity index (χ1v) is 6.06. The van der Waals surface area contributed by atoms with Crippen LogP contribution in [0.25, 0.3) is 0 Å². The van der Waals surface area contributed by atoms with E-state index in [1.807, 2.05) is 13.8 Å². The highest BCUT2D eigenvalue weighted by molar-refractivity contribution is 5.60. The molecule has 0 fully saturated rings. The van der Waals surface area contributed by atoms with Crippen molar-refractivity contribution in [3.05, 3.63) is 20.8 Å². The molecule has 18 heavy (non-hydrogen) atoms. The highest BCUT2D eigenvalue weighted by atomic mass is 16.5. The van der Waals surface area contributed by atoms with Gasteiger partial charge in [-0.2, -0.15) is 0 Å². The number of hydrogen-bond donors (Lipinski definition) is 3. The van der Waals surface area contributed by atoms with Gasteiger partial charge in [0.2, 0.25) is 0 Å². The number of hydrogen-bond acceptors (Lipinski definition) is 5. The normalized spacial score (nSPS) is 10.6. The maximum absolute atomic E-state index is 11.6. The number of nitrogens with two attached hydrogens (primary N) is 1. The molecule has 102 valence electrons. The topological polar surface area (TPSA) is 102 Å². The number of nitrogens with one attached hydrogen (secondary N) is 2. The maximum Gasteiger partial charge on any atom is 0.330 e. The van der Waals surface area contributed by atoms with Crippen molar-refractivity contribution in [2.45, 2.75) is 26.8 Å². The number of nitrogen functional groups attached to an aromatic ring is 1. The Morgan fingerprint density at radius 1 is 1.39 bits per heavy atom. The van der Waals surface area contributed by atoms with Gasteiger partial charge < -0.3 is 15.8 Å². The zero-order valence-corrected chi connectivity index (χ0v) is 10.8. The lowest BCUT2D eigenvalue weighted by Gasteiger charge is -2.13. The number of nitrogens with zero attached hydrogens (tertiary/aromatic N) is 1. The van der Waals surface area contributed by atoms with Gasteiger partial charge in [-0.05, 0) is 13.3 Å². The van der Waals surface area contributed by atoms with Crippen LogP contribution >= 0.6 is 0 Å². The van der Waals surface area contributed by atoms with Crippen LogP contribution in [0.1, 0.15) is 20.3 Å². The van der Waals surface area contributed by atoms with Crippen molar-refractivity contribution in [1.82, 2.24) is 9.55 Å². The van der Waals surface area contributed by atoms with Gasteiger partial charge >= 0.3 is 5.69 Å². The molecule has 7 nitrogen and oxygen atoms in total. The van der Waals surface area contributed by atoms with E-state index >= 15 is 0 Å². The molecule has 1 aromatic rings. The predicted octanol–water partition coefficient (Wildman–Crippen LogP) is -0.0228. The van der Waals surface area contributed by atoms with Crippen molar-refractivity contribution in [3.8, 4) is 0 Å². The third kappa shape index (κ3) is 3.36. The fourth-order valence-electron chi connectivity index (χ4n) is 1.60. The molecule has 0 saturated heterocycles. The van der Waals surface area contributed by atoms with E-state index in [-0.39, 0.29) is 11.5 Å². The Kier molecular flexibility index (Phi) is 5.44. The zero-order valence-electron chi connectivity index (χ0n) is 10.8. The van der Waals surface area contributed by atoms with Gasteiger partial charge in [-0.25, -0.2) is 4.79 Å². The highest BCUT2D eigenvalue weighted by Crippen LogP contribution is 2.09. The van der Waals surface area contributed by atoms with Gasteiger partial charge in [-0.1, -0.05) is 6.92 Å². The van der Waals surface area contributed by atoms with E-state index in [9.17, 15) is 9.59 Å². The molecule has 0 aliphatic carbocycles. The zero-order chi connectivity index (χ0) is 13.5. The monoisotopic (exact) mass is 256 g/mol. The first kappa shape index (κ1) is 14.3. The molecule has 1 aromatic heterocycles. The summed E-state index contributed by atoms with van der Waals surface area (Å²) < 4.78 is 6.50. The molecule has 0 bridgehead atoms. The predicted molar refractivity (Wildman–Crippen MR) is 71.0 cm³/mol. The van der Waals surface area contributed by atoms with Crippen molar-refractivity contribution in [3.63, 3.8) is 0 Å². The molecular formula is C11H20N4O3. The quantitative estimate of drug-likeness (QED) is 0.595. The lowest BCUT2D eigenvalue weighted by molar-refractivity contribution is 0.158. The fraction of sp³-hybridized carbons (Fsp3) is 0.636. The summed E-state index contributed by atoms with van der Waals surface area (Å²) in [4.78, 5) is 25.4. The minimum Gasteiger partial charge on any atom is -0.383 e. The highest BCUT2D eigenvalue weighted by Gasteiger charge is 2.10. The number of ether oxygens (including phenoxy) is 1. The van der Waals surface area contributed by atoms with E-state index in [2.05, 4.69) is 10.3 Å². The van der Waals surface area contributed by atoms with Crippen LogP contribution in [0.5, 0.6) is 0 Å². The Balaban J connectivity index is 2.93. The van der Waals surface area contributed by atoms with E-state index in [0.29, 0.717) is 26.3 Å². The van der Waals surface area contributed by atoms with E-state index in [1.165, 1.54) is 4.57 Å². The average molecular weight is 256 g/mol. The molecule has 1 heterocycles. The molecule has 0 radical (unpaired) electrons. The Bertz CT molecular complexity index is 492. The second kappa shape index (κ2) is 6.85. The van der Waals surface area contributed by atoms with Crippen LogP contribution < -0.4 is 22.3 Å². The van der Waals surface area contributed by atoms with Crippen LogP contribution in [0.3, 0.4) is 0 Å². The van der Waals surface area contributed by atoms with Crippen LogP contribution in [-0.2, 0) is 11.3 Å². The summed E-state index contributed by atoms with van der Waals surface area (Å²) >= 11 is 0. The van der Waals surface area contributed by atoms with Crippen LogP contribution in [0.15, 0.2) is 9.59 Å². The standard InChI is InChI=1S/C11H20N4O3/c1-3-6-15-9(12)8(10(16)14-11(15)17)13-5-7-18-4-2/h13H,3-7,12H2,1-2H3,(H,14,16,17). The maximum atomic E-state index is 11.6. The SMILES string of the molecule is CCCn1c(N)c(NCCOCC)c(=O)[nH]c1=O. The number of H-pyrrole nitrogens is 1. The third-order valence-corrected chi connectivity index (χ3v) is 2.44. The lowest BCUT2D eigenvalue weighted by Crippen LogP contribution is -2.34. The van der Waals surface area contributed by atoms with Gasteiger partial charge in [0.05, 0.1) is 6.61 Å². The second-order valence-electron chi connectivity index (χ2n) is 3.79. The Labute approximate surface area is 105 Å². The molecule has 0 atom stereocenters. The summed E-state index contributed by atoms with van der Waals surface area (Å²) in [5.41, 5.74) is 5.07. The minimum absolute atomic E-state index is 0.169. The number of aromatic amines is 1. The minimum atomic E-state index is -0.499. The van der Waals surface area contributed by atoms with Crippen LogP contribution in [0, 0.1) is 0 Å². The van der Waals surface area contributed by atoms with Crippen molar-refractivity contribution in [2.24, 2.45) is 0 Å². The van der Waals surface area contributed by atoms with Crippen LogP contribution in [-0.4, -0.2) is 29.3 Å². The molecule has 0 aliphatic heterocycles. The summed E-state index contributed by atoms with van der Waals surface area (Å²) in [5.74, 6) is 0.169. The molecule has 0 spiro atoms. The molecule has 4 N–H and O–H groups in total.